The molecule has 17 heteroatoms. The maximum Gasteiger partial charge on any atom is 0.329 e. The van der Waals surface area contributed by atoms with E-state index in [-0.39, 0.29) is 49.2 Å². The van der Waals surface area contributed by atoms with Gasteiger partial charge in [-0.25, -0.2) is 4.79 Å². The van der Waals surface area contributed by atoms with Gasteiger partial charge in [0.2, 0.25) is 5.79 Å². The number of fused-ring (bicyclic) bond motifs is 3. The third kappa shape index (κ3) is 15.8. The van der Waals surface area contributed by atoms with Crippen molar-refractivity contribution >= 4 is 35.2 Å². The van der Waals surface area contributed by atoms with Crippen LogP contribution in [0, 0.1) is 40.9 Å². The first kappa shape index (κ1) is 60.6. The Balaban J connectivity index is 1.68. The van der Waals surface area contributed by atoms with Gasteiger partial charge in [0.25, 0.3) is 11.7 Å². The summed E-state index contributed by atoms with van der Waals surface area (Å²) < 4.78 is 35.2. The van der Waals surface area contributed by atoms with Crippen LogP contribution in [0.25, 0.3) is 0 Å². The highest BCUT2D eigenvalue weighted by atomic mass is 16.6. The minimum atomic E-state index is -2.46. The van der Waals surface area contributed by atoms with Crippen LogP contribution in [0.2, 0.25) is 0 Å². The van der Waals surface area contributed by atoms with Gasteiger partial charge in [-0.15, -0.1) is 0 Å². The normalized spacial score (nSPS) is 37.4. The number of ketones is 3. The smallest absolute Gasteiger partial charge is 0.329 e. The number of carbonyl (C=O) groups excluding carboxylic acids is 6. The third-order valence-electron chi connectivity index (χ3n) is 15.5. The summed E-state index contributed by atoms with van der Waals surface area (Å²) in [7, 11) is 4.41. The zero-order valence-electron chi connectivity index (χ0n) is 44.4. The number of Topliss-reactive ketones (excluding diaryl/α,β-unsaturated/α-hetero) is 3. The summed E-state index contributed by atoms with van der Waals surface area (Å²) in [6.45, 7) is 10.8. The predicted octanol–water partition coefficient (Wildman–Crippen LogP) is 5.33. The molecule has 0 unspecified atom stereocenters. The molecule has 4 aliphatic rings. The molecule has 3 fully saturated rings. The number of esters is 2. The fourth-order valence-corrected chi connectivity index (χ4v) is 10.4. The SMILES string of the molecule is CO[C@@H]1/C=C/C=C/C=C/[C@@H](C)C[C@@H](C)C(=O)[C@H](OC)[C@H](O)/C(C)=C/[C@@H](C)C(=O)C[C@@H]([C@H](C)C[C@@H]2CC[C@@H](OC(=O)C(C)(CO)CO)[C@H](O[14CH3])C2)OC(=O)[C@@H]2CCCCN2C(=O)C(=O)[C@]2(O)O[C@@H](CC[C@H]2C)C1. The minimum Gasteiger partial charge on any atom is -0.460 e. The van der Waals surface area contributed by atoms with Crippen molar-refractivity contribution in [3.8, 4) is 0 Å². The van der Waals surface area contributed by atoms with Crippen LogP contribution in [-0.2, 0) is 57.2 Å². The molecule has 0 spiro atoms. The Kier molecular flexibility index (Phi) is 23.7. The van der Waals surface area contributed by atoms with Crippen LogP contribution in [0.15, 0.2) is 48.1 Å². The lowest BCUT2D eigenvalue weighted by Gasteiger charge is -2.42. The third-order valence-corrected chi connectivity index (χ3v) is 15.5. The molecular weight excluding hydrogens is 933 g/mol. The number of ether oxygens (including phenoxy) is 6. The molecule has 3 aliphatic heterocycles. The molecule has 3 heterocycles. The van der Waals surface area contributed by atoms with Crippen LogP contribution in [0.4, 0.5) is 0 Å². The van der Waals surface area contributed by atoms with Crippen molar-refractivity contribution in [3.05, 3.63) is 48.1 Å². The molecule has 15 atom stereocenters. The van der Waals surface area contributed by atoms with Crippen molar-refractivity contribution in [1.82, 2.24) is 4.90 Å². The van der Waals surface area contributed by atoms with E-state index in [1.54, 1.807) is 40.9 Å². The average molecular weight is 1020 g/mol. The molecule has 17 nitrogen and oxygen atoms in total. The molecule has 4 rings (SSSR count). The van der Waals surface area contributed by atoms with Crippen LogP contribution < -0.4 is 0 Å². The molecule has 0 aromatic carbocycles. The quantitative estimate of drug-likeness (QED) is 0.123. The Morgan fingerprint density at radius 1 is 0.903 bits per heavy atom. The van der Waals surface area contributed by atoms with Crippen molar-refractivity contribution in [2.45, 2.75) is 180 Å². The van der Waals surface area contributed by atoms with Crippen LogP contribution in [0.3, 0.4) is 0 Å². The molecule has 1 saturated carbocycles. The van der Waals surface area contributed by atoms with Gasteiger partial charge in [0.1, 0.15) is 41.7 Å². The number of piperidine rings is 1. The highest BCUT2D eigenvalue weighted by Gasteiger charge is 2.53. The predicted molar refractivity (Wildman–Crippen MR) is 267 cm³/mol. The van der Waals surface area contributed by atoms with E-state index in [4.69, 9.17) is 28.4 Å². The fourth-order valence-electron chi connectivity index (χ4n) is 10.4. The minimum absolute atomic E-state index is 0.00335. The Morgan fingerprint density at radius 3 is 2.22 bits per heavy atom. The average Bonchev–Trinajstić information content (AvgIpc) is 3.36. The van der Waals surface area contributed by atoms with E-state index < -0.39 is 120 Å². The zero-order valence-corrected chi connectivity index (χ0v) is 44.4. The lowest BCUT2D eigenvalue weighted by molar-refractivity contribution is -0.265. The first-order chi connectivity index (χ1) is 34.1. The highest BCUT2D eigenvalue weighted by molar-refractivity contribution is 6.39. The Morgan fingerprint density at radius 2 is 1.58 bits per heavy atom. The maximum absolute atomic E-state index is 14.5. The summed E-state index contributed by atoms with van der Waals surface area (Å²) in [6, 6.07) is -1.20. The van der Waals surface area contributed by atoms with E-state index >= 15 is 0 Å². The van der Waals surface area contributed by atoms with E-state index in [0.717, 1.165) is 4.90 Å². The fraction of sp³-hybridized carbons (Fsp3) is 0.745. The van der Waals surface area contributed by atoms with Gasteiger partial charge in [-0.1, -0.05) is 77.2 Å². The van der Waals surface area contributed by atoms with E-state index in [1.165, 1.54) is 21.1 Å². The summed E-state index contributed by atoms with van der Waals surface area (Å²) in [5.41, 5.74) is -1.14. The second-order valence-corrected chi connectivity index (χ2v) is 21.4. The van der Waals surface area contributed by atoms with E-state index in [2.05, 4.69) is 0 Å². The van der Waals surface area contributed by atoms with Crippen molar-refractivity contribution in [3.63, 3.8) is 0 Å². The Labute approximate surface area is 426 Å². The number of hydrogen-bond acceptors (Lipinski definition) is 16. The molecule has 0 radical (unpaired) electrons. The molecule has 406 valence electrons. The summed E-state index contributed by atoms with van der Waals surface area (Å²) in [5.74, 6) is -9.35. The van der Waals surface area contributed by atoms with Gasteiger partial charge in [-0.2, -0.15) is 0 Å². The number of aliphatic hydroxyl groups is 4. The number of cyclic esters (lactones) is 1. The second-order valence-electron chi connectivity index (χ2n) is 21.4. The molecule has 1 aliphatic carbocycles. The number of nitrogens with zero attached hydrogens (tertiary/aromatic N) is 1. The molecule has 0 aromatic rings. The van der Waals surface area contributed by atoms with Crippen molar-refractivity contribution < 1.29 is 77.6 Å². The van der Waals surface area contributed by atoms with Gasteiger partial charge in [0.05, 0.1) is 31.5 Å². The number of methoxy groups -OCH3 is 3. The van der Waals surface area contributed by atoms with Crippen molar-refractivity contribution in [1.29, 1.82) is 0 Å². The van der Waals surface area contributed by atoms with E-state index in [9.17, 15) is 49.2 Å². The topological polar surface area (TPSA) is 242 Å². The number of carbonyl (C=O) groups is 6. The van der Waals surface area contributed by atoms with Gasteiger partial charge in [-0.05, 0) is 101 Å². The number of allylic oxidation sites excluding steroid dienone is 6. The summed E-state index contributed by atoms with van der Waals surface area (Å²) in [6.07, 6.45) is 11.4. The zero-order chi connectivity index (χ0) is 53.5. The van der Waals surface area contributed by atoms with Gasteiger partial charge in [0, 0.05) is 58.5 Å². The first-order valence-electron chi connectivity index (χ1n) is 26.0. The monoisotopic (exact) mass is 1020 g/mol. The Hall–Kier alpha value is -3.94. The van der Waals surface area contributed by atoms with E-state index in [1.807, 2.05) is 50.3 Å². The lowest BCUT2D eigenvalue weighted by Crippen LogP contribution is -2.60. The molecule has 4 N–H and O–H groups in total. The number of amides is 1. The molecule has 2 bridgehead atoms. The van der Waals surface area contributed by atoms with Crippen LogP contribution >= 0.6 is 0 Å². The Bertz CT molecular complexity index is 1960. The van der Waals surface area contributed by atoms with Gasteiger partial charge >= 0.3 is 11.9 Å². The van der Waals surface area contributed by atoms with Crippen LogP contribution in [0.1, 0.15) is 126 Å². The maximum atomic E-state index is 14.5. The largest absolute Gasteiger partial charge is 0.460 e. The summed E-state index contributed by atoms with van der Waals surface area (Å²) >= 11 is 0. The molecule has 2 saturated heterocycles. The van der Waals surface area contributed by atoms with Gasteiger partial charge in [-0.3, -0.25) is 24.0 Å². The number of hydrogen-bond donors (Lipinski definition) is 4. The van der Waals surface area contributed by atoms with Crippen LogP contribution in [0.5, 0.6) is 0 Å². The second kappa shape index (κ2) is 28.1. The van der Waals surface area contributed by atoms with E-state index in [0.29, 0.717) is 63.4 Å². The summed E-state index contributed by atoms with van der Waals surface area (Å²) in [4.78, 5) is 85.2. The molecule has 72 heavy (non-hydrogen) atoms. The van der Waals surface area contributed by atoms with Gasteiger partial charge < -0.3 is 53.7 Å². The number of rotatable bonds is 10. The first-order valence-corrected chi connectivity index (χ1v) is 26.0. The molecule has 1 amide bonds. The van der Waals surface area contributed by atoms with Crippen molar-refractivity contribution in [2.75, 3.05) is 41.1 Å². The molecule has 0 aromatic heterocycles. The number of aliphatic hydroxyl groups excluding tert-OH is 3. The standard InChI is InChI=1S/C55H85NO16/c1-33-17-13-11-12-14-18-40(67-8)29-41-22-20-38(6)55(66,72-41)50(62)51(63)56-24-16-15-19-42(56)52(64)70-45(30-43(59)34(2)26-37(5)48(61)49(69-10)47(60)36(4)25-33)35(3)27-39-21-23-44(46(28-39)68-9)71-53(65)54(7,31-57)32-58/h11-14,17-18,26,33-36,38-42,44-46,48-49,57-58,61,66H,15-16,19-25,27-32H2,1-10H3/b12-11+,17-13+,18-14+,37-26+/t33-,34-,35-,36-,38-,39+,40-,41+,42+,44-,45+,46-,48-,49+,55-/m1/s1/i9+2. The van der Waals surface area contributed by atoms with Crippen molar-refractivity contribution in [2.24, 2.45) is 40.9 Å². The van der Waals surface area contributed by atoms with Crippen LogP contribution in [-0.4, -0.2) is 156 Å². The van der Waals surface area contributed by atoms with Gasteiger partial charge in [0.15, 0.2) is 5.78 Å². The summed E-state index contributed by atoms with van der Waals surface area (Å²) in [5, 5.41) is 43.0. The lowest BCUT2D eigenvalue weighted by atomic mass is 9.78. The molecular formula is C55H85NO16. The highest BCUT2D eigenvalue weighted by Crippen LogP contribution is 2.38.